The second-order valence-corrected chi connectivity index (χ2v) is 6.44. The van der Waals surface area contributed by atoms with Gasteiger partial charge in [-0.2, -0.15) is 0 Å². The highest BCUT2D eigenvalue weighted by atomic mass is 16.4. The number of hydrogen-bond donors (Lipinski definition) is 1. The van der Waals surface area contributed by atoms with Gasteiger partial charge in [-0.15, -0.1) is 0 Å². The monoisotopic (exact) mass is 325 g/mol. The van der Waals surface area contributed by atoms with Crippen molar-refractivity contribution in [1.29, 1.82) is 0 Å². The summed E-state index contributed by atoms with van der Waals surface area (Å²) in [5.74, 6) is 0.311. The van der Waals surface area contributed by atoms with Gasteiger partial charge in [-0.25, -0.2) is 9.78 Å². The second kappa shape index (κ2) is 7.45. The quantitative estimate of drug-likeness (QED) is 0.885. The summed E-state index contributed by atoms with van der Waals surface area (Å²) >= 11 is 0. The Bertz CT molecular complexity index is 690. The Morgan fingerprint density at radius 1 is 1.25 bits per heavy atom. The molecule has 5 heteroatoms. The Kier molecular flexibility index (Phi) is 5.11. The molecule has 0 aliphatic carbocycles. The van der Waals surface area contributed by atoms with E-state index < -0.39 is 5.97 Å². The van der Waals surface area contributed by atoms with Crippen LogP contribution in [0.5, 0.6) is 0 Å². The number of pyridine rings is 1. The van der Waals surface area contributed by atoms with E-state index in [-0.39, 0.29) is 5.69 Å². The number of nitrogens with zero attached hydrogens (tertiary/aromatic N) is 3. The van der Waals surface area contributed by atoms with E-state index in [1.807, 2.05) is 19.2 Å². The maximum absolute atomic E-state index is 11.0. The van der Waals surface area contributed by atoms with Crippen molar-refractivity contribution in [1.82, 2.24) is 9.88 Å². The van der Waals surface area contributed by atoms with Crippen molar-refractivity contribution in [2.45, 2.75) is 13.0 Å². The fourth-order valence-electron chi connectivity index (χ4n) is 3.28. The molecule has 0 bridgehead atoms. The first-order valence-corrected chi connectivity index (χ1v) is 8.29. The number of carbonyl (C=O) groups is 1. The summed E-state index contributed by atoms with van der Waals surface area (Å²) < 4.78 is 0. The van der Waals surface area contributed by atoms with Gasteiger partial charge >= 0.3 is 5.97 Å². The van der Waals surface area contributed by atoms with Crippen LogP contribution < -0.4 is 4.90 Å². The molecule has 0 amide bonds. The smallest absolute Gasteiger partial charge is 0.354 e. The molecule has 2 aromatic rings. The molecule has 1 aromatic heterocycles. The zero-order chi connectivity index (χ0) is 16.9. The summed E-state index contributed by atoms with van der Waals surface area (Å²) in [5, 5.41) is 9.06. The molecule has 1 N–H and O–H groups in total. The molecule has 1 aliphatic rings. The third kappa shape index (κ3) is 4.11. The maximum Gasteiger partial charge on any atom is 0.354 e. The van der Waals surface area contributed by atoms with Crippen molar-refractivity contribution in [2.75, 3.05) is 31.6 Å². The Morgan fingerprint density at radius 3 is 2.79 bits per heavy atom. The lowest BCUT2D eigenvalue weighted by atomic mass is 10.1. The third-order valence-electron chi connectivity index (χ3n) is 4.50. The molecule has 3 rings (SSSR count). The van der Waals surface area contributed by atoms with Gasteiger partial charge in [0.25, 0.3) is 0 Å². The number of anilines is 1. The molecular formula is C19H23N3O2. The van der Waals surface area contributed by atoms with Crippen molar-refractivity contribution < 1.29 is 9.90 Å². The van der Waals surface area contributed by atoms with Crippen LogP contribution in [0.2, 0.25) is 0 Å². The third-order valence-corrected chi connectivity index (χ3v) is 4.50. The molecule has 1 atom stereocenters. The summed E-state index contributed by atoms with van der Waals surface area (Å²) in [6.07, 6.45) is 1.16. The molecule has 126 valence electrons. The van der Waals surface area contributed by atoms with Crippen LogP contribution in [0.25, 0.3) is 0 Å². The standard InChI is InChI=1S/C19H23N3O2/c1-21(18-9-5-8-17(20-18)19(23)24)12-16-10-11-22(14-16)13-15-6-3-2-4-7-15/h2-9,16H,10-14H2,1H3,(H,23,24). The summed E-state index contributed by atoms with van der Waals surface area (Å²) in [7, 11) is 1.98. The van der Waals surface area contributed by atoms with Crippen molar-refractivity contribution in [2.24, 2.45) is 5.92 Å². The largest absolute Gasteiger partial charge is 0.477 e. The Hall–Kier alpha value is -2.40. The van der Waals surface area contributed by atoms with Crippen molar-refractivity contribution in [3.8, 4) is 0 Å². The molecule has 1 fully saturated rings. The summed E-state index contributed by atoms with van der Waals surface area (Å²) in [5.41, 5.74) is 1.44. The lowest BCUT2D eigenvalue weighted by Crippen LogP contribution is -2.29. The second-order valence-electron chi connectivity index (χ2n) is 6.44. The van der Waals surface area contributed by atoms with Crippen LogP contribution in [0.4, 0.5) is 5.82 Å². The van der Waals surface area contributed by atoms with Crippen LogP contribution in [0.1, 0.15) is 22.5 Å². The lowest BCUT2D eigenvalue weighted by molar-refractivity contribution is 0.0690. The molecular weight excluding hydrogens is 302 g/mol. The number of likely N-dealkylation sites (tertiary alicyclic amines) is 1. The number of aromatic nitrogens is 1. The van der Waals surface area contributed by atoms with E-state index in [2.05, 4.69) is 39.0 Å². The number of benzene rings is 1. The summed E-state index contributed by atoms with van der Waals surface area (Å²) in [4.78, 5) is 19.8. The number of carboxylic acids is 1. The Balaban J connectivity index is 1.55. The Morgan fingerprint density at radius 2 is 2.04 bits per heavy atom. The number of rotatable bonds is 6. The van der Waals surface area contributed by atoms with E-state index >= 15 is 0 Å². The minimum absolute atomic E-state index is 0.0940. The normalized spacial score (nSPS) is 17.8. The van der Waals surface area contributed by atoms with Crippen LogP contribution in [0.15, 0.2) is 48.5 Å². The molecule has 2 heterocycles. The van der Waals surface area contributed by atoms with E-state index in [1.54, 1.807) is 6.07 Å². The zero-order valence-electron chi connectivity index (χ0n) is 13.9. The first-order valence-electron chi connectivity index (χ1n) is 8.29. The van der Waals surface area contributed by atoms with Gasteiger partial charge < -0.3 is 10.0 Å². The minimum Gasteiger partial charge on any atom is -0.477 e. The number of aromatic carboxylic acids is 1. The molecule has 0 radical (unpaired) electrons. The maximum atomic E-state index is 11.0. The zero-order valence-corrected chi connectivity index (χ0v) is 13.9. The first-order chi connectivity index (χ1) is 11.6. The summed E-state index contributed by atoms with van der Waals surface area (Å²) in [6, 6.07) is 15.7. The molecule has 1 aliphatic heterocycles. The van der Waals surface area contributed by atoms with Gasteiger partial charge in [0, 0.05) is 26.7 Å². The fourth-order valence-corrected chi connectivity index (χ4v) is 3.28. The van der Waals surface area contributed by atoms with Gasteiger partial charge in [0.1, 0.15) is 5.82 Å². The van der Waals surface area contributed by atoms with Crippen molar-refractivity contribution >= 4 is 11.8 Å². The molecule has 0 saturated carbocycles. The first kappa shape index (κ1) is 16.5. The predicted octanol–water partition coefficient (Wildman–Crippen LogP) is 2.74. The molecule has 24 heavy (non-hydrogen) atoms. The molecule has 5 nitrogen and oxygen atoms in total. The van der Waals surface area contributed by atoms with Crippen molar-refractivity contribution in [3.05, 3.63) is 59.8 Å². The van der Waals surface area contributed by atoms with Gasteiger partial charge in [0.2, 0.25) is 0 Å². The summed E-state index contributed by atoms with van der Waals surface area (Å²) in [6.45, 7) is 4.06. The molecule has 1 aromatic carbocycles. The van der Waals surface area contributed by atoms with Gasteiger partial charge in [0.05, 0.1) is 0 Å². The molecule has 0 spiro atoms. The van der Waals surface area contributed by atoms with E-state index in [0.29, 0.717) is 5.92 Å². The number of hydrogen-bond acceptors (Lipinski definition) is 4. The van der Waals surface area contributed by atoms with E-state index in [4.69, 9.17) is 5.11 Å². The van der Waals surface area contributed by atoms with Gasteiger partial charge in [-0.05, 0) is 36.6 Å². The highest BCUT2D eigenvalue weighted by Gasteiger charge is 2.24. The van der Waals surface area contributed by atoms with Crippen LogP contribution in [-0.4, -0.2) is 47.6 Å². The highest BCUT2D eigenvalue weighted by molar-refractivity contribution is 5.85. The average molecular weight is 325 g/mol. The average Bonchev–Trinajstić information content (AvgIpc) is 3.02. The SMILES string of the molecule is CN(CC1CCN(Cc2ccccc2)C1)c1cccc(C(=O)O)n1. The Labute approximate surface area is 142 Å². The fraction of sp³-hybridized carbons (Fsp3) is 0.368. The van der Waals surface area contributed by atoms with Crippen LogP contribution in [0, 0.1) is 5.92 Å². The lowest BCUT2D eigenvalue weighted by Gasteiger charge is -2.23. The van der Waals surface area contributed by atoms with E-state index in [1.165, 1.54) is 11.6 Å². The predicted molar refractivity (Wildman–Crippen MR) is 94.3 cm³/mol. The molecule has 1 unspecified atom stereocenters. The van der Waals surface area contributed by atoms with Crippen LogP contribution >= 0.6 is 0 Å². The van der Waals surface area contributed by atoms with Gasteiger partial charge in [-0.3, -0.25) is 4.90 Å². The van der Waals surface area contributed by atoms with E-state index in [9.17, 15) is 4.79 Å². The minimum atomic E-state index is -0.986. The van der Waals surface area contributed by atoms with E-state index in [0.717, 1.165) is 38.4 Å². The van der Waals surface area contributed by atoms with Crippen LogP contribution in [-0.2, 0) is 6.54 Å². The number of carboxylic acid groups (broad SMARTS) is 1. The van der Waals surface area contributed by atoms with Crippen molar-refractivity contribution in [3.63, 3.8) is 0 Å². The highest BCUT2D eigenvalue weighted by Crippen LogP contribution is 2.21. The van der Waals surface area contributed by atoms with Crippen LogP contribution in [0.3, 0.4) is 0 Å². The topological polar surface area (TPSA) is 56.7 Å². The van der Waals surface area contributed by atoms with Gasteiger partial charge in [-0.1, -0.05) is 36.4 Å². The van der Waals surface area contributed by atoms with Gasteiger partial charge in [0.15, 0.2) is 5.69 Å². The molecule has 1 saturated heterocycles.